The number of thioether (sulfide) groups is 1. The summed E-state index contributed by atoms with van der Waals surface area (Å²) in [5.41, 5.74) is 2.12. The average Bonchev–Trinajstić information content (AvgIpc) is 3.16. The Hall–Kier alpha value is -1.52. The van der Waals surface area contributed by atoms with Gasteiger partial charge in [0.15, 0.2) is 0 Å². The molecule has 1 heterocycles. The Morgan fingerprint density at radius 3 is 2.17 bits per heavy atom. The summed E-state index contributed by atoms with van der Waals surface area (Å²) >= 11 is 3.69. The molecule has 0 aliphatic heterocycles. The Balaban J connectivity index is 1.37. The molecule has 0 aliphatic carbocycles. The van der Waals surface area contributed by atoms with Crippen molar-refractivity contribution in [3.63, 3.8) is 0 Å². The highest BCUT2D eigenvalue weighted by atomic mass is 32.2. The maximum atomic E-state index is 9.46. The van der Waals surface area contributed by atoms with E-state index in [-0.39, 0.29) is 0 Å². The van der Waals surface area contributed by atoms with Gasteiger partial charge in [0, 0.05) is 10.5 Å². The molecule has 0 bridgehead atoms. The number of hydrogen-bond donors (Lipinski definition) is 1. The summed E-state index contributed by atoms with van der Waals surface area (Å²) in [7, 11) is 0. The van der Waals surface area contributed by atoms with Crippen LogP contribution in [0.15, 0.2) is 47.4 Å². The smallest absolute Gasteiger partial charge is 0.124 e. The van der Waals surface area contributed by atoms with E-state index in [2.05, 4.69) is 25.1 Å². The first-order valence-corrected chi connectivity index (χ1v) is 12.9. The molecule has 1 N–H and O–H groups in total. The minimum absolute atomic E-state index is 0.292. The van der Waals surface area contributed by atoms with Gasteiger partial charge in [-0.1, -0.05) is 64.7 Å². The van der Waals surface area contributed by atoms with E-state index in [0.29, 0.717) is 5.75 Å². The zero-order chi connectivity index (χ0) is 20.3. The topological polar surface area (TPSA) is 33.1 Å². The van der Waals surface area contributed by atoms with Crippen molar-refractivity contribution in [2.24, 2.45) is 0 Å². The predicted octanol–water partition coefficient (Wildman–Crippen LogP) is 8.68. The van der Waals surface area contributed by atoms with Gasteiger partial charge in [-0.3, -0.25) is 0 Å². The van der Waals surface area contributed by atoms with Crippen molar-refractivity contribution in [3.8, 4) is 16.3 Å². The van der Waals surface area contributed by atoms with E-state index >= 15 is 0 Å². The zero-order valence-corrected chi connectivity index (χ0v) is 19.2. The SMILES string of the molecule is CCCCCCCCCCCCSc1ccc2nc(-c3ccc(O)cc3)sc2c1. The van der Waals surface area contributed by atoms with Gasteiger partial charge in [0.05, 0.1) is 10.2 Å². The number of aromatic hydroxyl groups is 1. The zero-order valence-electron chi connectivity index (χ0n) is 17.5. The number of phenols is 1. The summed E-state index contributed by atoms with van der Waals surface area (Å²) in [6.07, 6.45) is 13.9. The van der Waals surface area contributed by atoms with Crippen molar-refractivity contribution in [1.29, 1.82) is 0 Å². The molecular weight excluding hydrogens is 394 g/mol. The molecule has 0 aliphatic rings. The van der Waals surface area contributed by atoms with Crippen LogP contribution in [0.1, 0.15) is 71.1 Å². The number of rotatable bonds is 13. The normalized spacial score (nSPS) is 11.3. The quantitative estimate of drug-likeness (QED) is 0.219. The van der Waals surface area contributed by atoms with E-state index < -0.39 is 0 Å². The molecule has 0 saturated heterocycles. The summed E-state index contributed by atoms with van der Waals surface area (Å²) < 4.78 is 1.24. The average molecular weight is 428 g/mol. The van der Waals surface area contributed by atoms with Crippen molar-refractivity contribution in [1.82, 2.24) is 4.98 Å². The van der Waals surface area contributed by atoms with E-state index in [4.69, 9.17) is 4.98 Å². The van der Waals surface area contributed by atoms with Crippen molar-refractivity contribution in [2.45, 2.75) is 76.0 Å². The van der Waals surface area contributed by atoms with E-state index in [1.54, 1.807) is 23.5 Å². The number of hydrogen-bond acceptors (Lipinski definition) is 4. The van der Waals surface area contributed by atoms with Crippen molar-refractivity contribution < 1.29 is 5.11 Å². The predicted molar refractivity (Wildman–Crippen MR) is 129 cm³/mol. The van der Waals surface area contributed by atoms with Crippen LogP contribution in [0.25, 0.3) is 20.8 Å². The molecule has 0 radical (unpaired) electrons. The third kappa shape index (κ3) is 7.35. The fourth-order valence-electron chi connectivity index (χ4n) is 3.50. The monoisotopic (exact) mass is 427 g/mol. The number of phenolic OH excluding ortho intramolecular Hbond substituents is 1. The van der Waals surface area contributed by atoms with E-state index in [1.165, 1.54) is 79.6 Å². The van der Waals surface area contributed by atoms with E-state index in [0.717, 1.165) is 16.1 Å². The molecule has 3 rings (SSSR count). The highest BCUT2D eigenvalue weighted by molar-refractivity contribution is 7.99. The van der Waals surface area contributed by atoms with E-state index in [1.807, 2.05) is 23.9 Å². The molecular formula is C25H33NOS2. The van der Waals surface area contributed by atoms with E-state index in [9.17, 15) is 5.11 Å². The molecule has 0 saturated carbocycles. The van der Waals surface area contributed by atoms with Gasteiger partial charge < -0.3 is 5.11 Å². The number of nitrogens with zero attached hydrogens (tertiary/aromatic N) is 1. The molecule has 2 nitrogen and oxygen atoms in total. The summed E-state index contributed by atoms with van der Waals surface area (Å²) in [5.74, 6) is 1.49. The largest absolute Gasteiger partial charge is 0.508 e. The molecule has 0 amide bonds. The number of unbranched alkanes of at least 4 members (excludes halogenated alkanes) is 9. The van der Waals surface area contributed by atoms with Gasteiger partial charge in [-0.2, -0.15) is 0 Å². The first-order valence-electron chi connectivity index (χ1n) is 11.1. The Labute approximate surface area is 183 Å². The molecule has 29 heavy (non-hydrogen) atoms. The van der Waals surface area contributed by atoms with Gasteiger partial charge in [-0.25, -0.2) is 4.98 Å². The minimum Gasteiger partial charge on any atom is -0.508 e. The Bertz CT molecular complexity index is 857. The molecule has 156 valence electrons. The lowest BCUT2D eigenvalue weighted by Crippen LogP contribution is -1.84. The standard InChI is InChI=1S/C25H33NOS2/c1-2-3-4-5-6-7-8-9-10-11-18-28-22-16-17-23-24(19-22)29-25(26-23)20-12-14-21(27)15-13-20/h12-17,19,27H,2-11,18H2,1H3. The Kier molecular flexibility index (Phi) is 9.36. The number of thiazole rings is 1. The Morgan fingerprint density at radius 2 is 1.48 bits per heavy atom. The van der Waals surface area contributed by atoms with Crippen molar-refractivity contribution in [2.75, 3.05) is 5.75 Å². The third-order valence-electron chi connectivity index (χ3n) is 5.24. The minimum atomic E-state index is 0.292. The fraction of sp³-hybridized carbons (Fsp3) is 0.480. The third-order valence-corrected chi connectivity index (χ3v) is 7.39. The van der Waals surface area contributed by atoms with Crippen molar-refractivity contribution in [3.05, 3.63) is 42.5 Å². The molecule has 0 unspecified atom stereocenters. The summed E-state index contributed by atoms with van der Waals surface area (Å²) in [5, 5.41) is 10.5. The van der Waals surface area contributed by atoms with Crippen molar-refractivity contribution >= 4 is 33.3 Å². The lowest BCUT2D eigenvalue weighted by molar-refractivity contribution is 0.475. The van der Waals surface area contributed by atoms with Crippen LogP contribution < -0.4 is 0 Å². The van der Waals surface area contributed by atoms with Gasteiger partial charge in [0.2, 0.25) is 0 Å². The molecule has 1 aromatic heterocycles. The second-order valence-corrected chi connectivity index (χ2v) is 9.92. The highest BCUT2D eigenvalue weighted by Gasteiger charge is 2.07. The van der Waals surface area contributed by atoms with Gasteiger partial charge in [0.25, 0.3) is 0 Å². The molecule has 4 heteroatoms. The summed E-state index contributed by atoms with van der Waals surface area (Å²) in [4.78, 5) is 6.08. The number of aromatic nitrogens is 1. The summed E-state index contributed by atoms with van der Waals surface area (Å²) in [6, 6.07) is 13.9. The molecule has 3 aromatic rings. The van der Waals surface area contributed by atoms with Crippen LogP contribution in [0.5, 0.6) is 5.75 Å². The maximum absolute atomic E-state index is 9.46. The molecule has 0 fully saturated rings. The molecule has 0 spiro atoms. The van der Waals surface area contributed by atoms with Gasteiger partial charge in [-0.15, -0.1) is 23.1 Å². The van der Waals surface area contributed by atoms with Gasteiger partial charge >= 0.3 is 0 Å². The van der Waals surface area contributed by atoms with Crippen LogP contribution >= 0.6 is 23.1 Å². The second kappa shape index (κ2) is 12.2. The van der Waals surface area contributed by atoms with Crippen LogP contribution in [0.3, 0.4) is 0 Å². The fourth-order valence-corrected chi connectivity index (χ4v) is 5.54. The number of fused-ring (bicyclic) bond motifs is 1. The van der Waals surface area contributed by atoms with Crippen LogP contribution in [0.4, 0.5) is 0 Å². The van der Waals surface area contributed by atoms with Crippen LogP contribution in [-0.4, -0.2) is 15.8 Å². The Morgan fingerprint density at radius 1 is 0.828 bits per heavy atom. The van der Waals surface area contributed by atoms with Crippen LogP contribution in [-0.2, 0) is 0 Å². The maximum Gasteiger partial charge on any atom is 0.124 e. The van der Waals surface area contributed by atoms with Gasteiger partial charge in [0.1, 0.15) is 10.8 Å². The first-order chi connectivity index (χ1) is 14.3. The van der Waals surface area contributed by atoms with Crippen LogP contribution in [0, 0.1) is 0 Å². The first kappa shape index (κ1) is 22.2. The lowest BCUT2D eigenvalue weighted by Gasteiger charge is -2.03. The number of benzene rings is 2. The van der Waals surface area contributed by atoms with Crippen LogP contribution in [0.2, 0.25) is 0 Å². The highest BCUT2D eigenvalue weighted by Crippen LogP contribution is 2.33. The molecule has 2 aromatic carbocycles. The molecule has 0 atom stereocenters. The van der Waals surface area contributed by atoms with Gasteiger partial charge in [-0.05, 0) is 54.6 Å². The summed E-state index contributed by atoms with van der Waals surface area (Å²) in [6.45, 7) is 2.28. The second-order valence-electron chi connectivity index (χ2n) is 7.73. The lowest BCUT2D eigenvalue weighted by atomic mass is 10.1.